The first-order valence-corrected chi connectivity index (χ1v) is 5.05. The fourth-order valence-electron chi connectivity index (χ4n) is 1.45. The van der Waals surface area contributed by atoms with Crippen molar-refractivity contribution in [1.29, 1.82) is 0 Å². The third-order valence-corrected chi connectivity index (χ3v) is 2.38. The minimum Gasteiger partial charge on any atom is -0.325 e. The molecule has 0 amide bonds. The Balaban J connectivity index is 2.55. The van der Waals surface area contributed by atoms with Crippen LogP contribution in [0.3, 0.4) is 0 Å². The van der Waals surface area contributed by atoms with Crippen molar-refractivity contribution < 1.29 is 0 Å². The predicted molar refractivity (Wildman–Crippen MR) is 59.6 cm³/mol. The second kappa shape index (κ2) is 3.31. The van der Waals surface area contributed by atoms with Crippen molar-refractivity contribution in [2.75, 3.05) is 0 Å². The summed E-state index contributed by atoms with van der Waals surface area (Å²) in [6.07, 6.45) is 3.71. The molecular formula is C11H16N4. The third kappa shape index (κ3) is 1.85. The molecule has 0 spiro atoms. The van der Waals surface area contributed by atoms with Gasteiger partial charge in [0.2, 0.25) is 0 Å². The van der Waals surface area contributed by atoms with Gasteiger partial charge in [0, 0.05) is 24.2 Å². The van der Waals surface area contributed by atoms with Crippen LogP contribution in [0.25, 0.3) is 5.65 Å². The van der Waals surface area contributed by atoms with Crippen LogP contribution in [-0.2, 0) is 12.0 Å². The highest BCUT2D eigenvalue weighted by Gasteiger charge is 2.16. The Morgan fingerprint density at radius 1 is 1.40 bits per heavy atom. The van der Waals surface area contributed by atoms with Crippen molar-refractivity contribution in [3.05, 3.63) is 30.0 Å². The molecule has 2 aromatic heterocycles. The molecule has 4 nitrogen and oxygen atoms in total. The Labute approximate surface area is 89.2 Å². The average molecular weight is 204 g/mol. The third-order valence-electron chi connectivity index (χ3n) is 2.38. The van der Waals surface area contributed by atoms with E-state index in [2.05, 4.69) is 30.7 Å². The Kier molecular flexibility index (Phi) is 2.23. The topological polar surface area (TPSA) is 56.2 Å². The summed E-state index contributed by atoms with van der Waals surface area (Å²) in [6.45, 7) is 6.88. The van der Waals surface area contributed by atoms with Crippen molar-refractivity contribution in [3.63, 3.8) is 0 Å². The van der Waals surface area contributed by atoms with E-state index in [1.807, 2.05) is 16.7 Å². The van der Waals surface area contributed by atoms with Crippen molar-refractivity contribution in [2.45, 2.75) is 32.7 Å². The molecule has 2 heterocycles. The highest BCUT2D eigenvalue weighted by atomic mass is 15.0. The van der Waals surface area contributed by atoms with E-state index in [1.54, 1.807) is 6.33 Å². The van der Waals surface area contributed by atoms with Gasteiger partial charge >= 0.3 is 0 Å². The lowest BCUT2D eigenvalue weighted by Gasteiger charge is -2.16. The number of imidazole rings is 1. The summed E-state index contributed by atoms with van der Waals surface area (Å²) >= 11 is 0. The zero-order valence-corrected chi connectivity index (χ0v) is 9.36. The lowest BCUT2D eigenvalue weighted by molar-refractivity contribution is 0.567. The fraction of sp³-hybridized carbons (Fsp3) is 0.455. The number of nitrogens with zero attached hydrogens (tertiary/aromatic N) is 3. The van der Waals surface area contributed by atoms with E-state index in [9.17, 15) is 0 Å². The van der Waals surface area contributed by atoms with E-state index in [-0.39, 0.29) is 5.41 Å². The van der Waals surface area contributed by atoms with E-state index in [4.69, 9.17) is 5.73 Å². The van der Waals surface area contributed by atoms with Crippen LogP contribution in [0.4, 0.5) is 0 Å². The maximum absolute atomic E-state index is 5.54. The summed E-state index contributed by atoms with van der Waals surface area (Å²) in [5.74, 6) is 0. The molecule has 0 radical (unpaired) electrons. The standard InChI is InChI=1S/C11H16N4/c1-11(2,3)9-4-10-14-8(5-12)6-15(10)7-13-9/h4,6-7H,5,12H2,1-3H3. The van der Waals surface area contributed by atoms with Crippen molar-refractivity contribution in [2.24, 2.45) is 5.73 Å². The maximum Gasteiger partial charge on any atom is 0.140 e. The Morgan fingerprint density at radius 2 is 2.13 bits per heavy atom. The highest BCUT2D eigenvalue weighted by Crippen LogP contribution is 2.20. The summed E-state index contributed by atoms with van der Waals surface area (Å²) < 4.78 is 1.90. The minimum atomic E-state index is 0.0522. The van der Waals surface area contributed by atoms with Gasteiger partial charge in [-0.3, -0.25) is 4.40 Å². The number of nitrogens with two attached hydrogens (primary N) is 1. The molecule has 80 valence electrons. The van der Waals surface area contributed by atoms with E-state index in [0.29, 0.717) is 6.54 Å². The van der Waals surface area contributed by atoms with Crippen molar-refractivity contribution in [1.82, 2.24) is 14.4 Å². The highest BCUT2D eigenvalue weighted by molar-refractivity contribution is 5.41. The number of aromatic nitrogens is 3. The van der Waals surface area contributed by atoms with E-state index < -0.39 is 0 Å². The Hall–Kier alpha value is -1.42. The summed E-state index contributed by atoms with van der Waals surface area (Å²) in [7, 11) is 0. The Bertz CT molecular complexity index is 479. The molecule has 0 atom stereocenters. The normalized spacial score (nSPS) is 12.3. The monoisotopic (exact) mass is 204 g/mol. The largest absolute Gasteiger partial charge is 0.325 e. The second-order valence-corrected chi connectivity index (χ2v) is 4.73. The van der Waals surface area contributed by atoms with Crippen molar-refractivity contribution >= 4 is 5.65 Å². The van der Waals surface area contributed by atoms with Gasteiger partial charge in [0.25, 0.3) is 0 Å². The van der Waals surface area contributed by atoms with Crippen LogP contribution in [0, 0.1) is 0 Å². The van der Waals surface area contributed by atoms with Crippen LogP contribution in [-0.4, -0.2) is 14.4 Å². The van der Waals surface area contributed by atoms with Gasteiger partial charge in [0.1, 0.15) is 12.0 Å². The quantitative estimate of drug-likeness (QED) is 0.765. The van der Waals surface area contributed by atoms with E-state index in [1.165, 1.54) is 0 Å². The molecule has 0 saturated heterocycles. The van der Waals surface area contributed by atoms with Crippen LogP contribution in [0.15, 0.2) is 18.6 Å². The van der Waals surface area contributed by atoms with Gasteiger partial charge in [0.15, 0.2) is 0 Å². The molecule has 0 aliphatic rings. The van der Waals surface area contributed by atoms with Crippen LogP contribution in [0.2, 0.25) is 0 Å². The maximum atomic E-state index is 5.54. The van der Waals surface area contributed by atoms with Gasteiger partial charge in [0.05, 0.1) is 11.4 Å². The first-order chi connectivity index (χ1) is 7.00. The molecule has 0 fully saturated rings. The summed E-state index contributed by atoms with van der Waals surface area (Å²) in [6, 6.07) is 2.01. The van der Waals surface area contributed by atoms with Gasteiger partial charge in [-0.1, -0.05) is 20.8 Å². The molecule has 0 aliphatic heterocycles. The van der Waals surface area contributed by atoms with Crippen LogP contribution in [0.1, 0.15) is 32.2 Å². The van der Waals surface area contributed by atoms with Crippen LogP contribution in [0.5, 0.6) is 0 Å². The second-order valence-electron chi connectivity index (χ2n) is 4.73. The summed E-state index contributed by atoms with van der Waals surface area (Å²) in [5, 5.41) is 0. The average Bonchev–Trinajstić information content (AvgIpc) is 2.57. The molecule has 0 aliphatic carbocycles. The zero-order chi connectivity index (χ0) is 11.1. The van der Waals surface area contributed by atoms with Crippen LogP contribution < -0.4 is 5.73 Å². The summed E-state index contributed by atoms with van der Waals surface area (Å²) in [4.78, 5) is 8.81. The first kappa shape index (κ1) is 10.1. The first-order valence-electron chi connectivity index (χ1n) is 5.05. The van der Waals surface area contributed by atoms with E-state index in [0.717, 1.165) is 17.0 Å². The van der Waals surface area contributed by atoms with Gasteiger partial charge in [-0.15, -0.1) is 0 Å². The predicted octanol–water partition coefficient (Wildman–Crippen LogP) is 1.49. The van der Waals surface area contributed by atoms with E-state index >= 15 is 0 Å². The van der Waals surface area contributed by atoms with Crippen LogP contribution >= 0.6 is 0 Å². The van der Waals surface area contributed by atoms with Gasteiger partial charge in [-0.05, 0) is 0 Å². The summed E-state index contributed by atoms with van der Waals surface area (Å²) in [5.41, 5.74) is 8.44. The lowest BCUT2D eigenvalue weighted by Crippen LogP contribution is -2.13. The number of hydrogen-bond acceptors (Lipinski definition) is 3. The molecule has 2 rings (SSSR count). The number of rotatable bonds is 1. The zero-order valence-electron chi connectivity index (χ0n) is 9.36. The molecule has 4 heteroatoms. The molecular weight excluding hydrogens is 188 g/mol. The molecule has 0 unspecified atom stereocenters. The fourth-order valence-corrected chi connectivity index (χ4v) is 1.45. The molecule has 15 heavy (non-hydrogen) atoms. The SMILES string of the molecule is CC(C)(C)c1cc2nc(CN)cn2cn1. The molecule has 2 N–H and O–H groups in total. The number of fused-ring (bicyclic) bond motifs is 1. The Morgan fingerprint density at radius 3 is 2.73 bits per heavy atom. The van der Waals surface area contributed by atoms with Gasteiger partial charge in [-0.2, -0.15) is 0 Å². The van der Waals surface area contributed by atoms with Crippen molar-refractivity contribution in [3.8, 4) is 0 Å². The lowest BCUT2D eigenvalue weighted by atomic mass is 9.92. The molecule has 0 aromatic carbocycles. The minimum absolute atomic E-state index is 0.0522. The van der Waals surface area contributed by atoms with Gasteiger partial charge < -0.3 is 5.73 Å². The molecule has 2 aromatic rings. The smallest absolute Gasteiger partial charge is 0.140 e. The molecule has 0 saturated carbocycles. The number of hydrogen-bond donors (Lipinski definition) is 1. The molecule has 0 bridgehead atoms. The van der Waals surface area contributed by atoms with Gasteiger partial charge in [-0.25, -0.2) is 9.97 Å².